The van der Waals surface area contributed by atoms with Crippen LogP contribution in [0.2, 0.25) is 0 Å². The van der Waals surface area contributed by atoms with E-state index in [2.05, 4.69) is 10.6 Å². The molecule has 8 N–H and O–H groups in total. The van der Waals surface area contributed by atoms with Gasteiger partial charge in [0.1, 0.15) is 22.9 Å². The number of anilines is 1. The standard InChI is InChI=1S/C25H27FN4O8.2ClH/c1-30(2)17-10-6-8-5-9-11(26)7-13(29-24(37)12-3-4-28-12)18(31)15(9)19(32)14(8)21(34)25(10,38)22(35)16(20(17)33)23(27)36;;/h7-8,10,12,17,28,31-32,35,38H,3-6H2,1-2H3,(H2,27,36)(H,29,37);2*1H/t8-,10-,12-,17-,25-;;/m0../s1. The average molecular weight is 603 g/mol. The number of hydrogen-bond acceptors (Lipinski definition) is 10. The number of halogens is 3. The van der Waals surface area contributed by atoms with Gasteiger partial charge in [0.2, 0.25) is 11.7 Å². The highest BCUT2D eigenvalue weighted by Crippen LogP contribution is 2.53. The first-order valence-corrected chi connectivity index (χ1v) is 12.0. The monoisotopic (exact) mass is 602 g/mol. The van der Waals surface area contributed by atoms with E-state index in [1.807, 2.05) is 0 Å². The Kier molecular flexibility index (Phi) is 8.32. The number of carbonyl (C=O) groups excluding carboxylic acids is 4. The van der Waals surface area contributed by atoms with Crippen molar-refractivity contribution in [3.05, 3.63) is 39.9 Å². The number of amides is 2. The smallest absolute Gasteiger partial charge is 0.255 e. The van der Waals surface area contributed by atoms with E-state index in [4.69, 9.17) is 5.73 Å². The number of nitrogens with one attached hydrogen (secondary N) is 2. The topological polar surface area (TPSA) is 203 Å². The molecule has 0 unspecified atom stereocenters. The highest BCUT2D eigenvalue weighted by atomic mass is 35.5. The second-order valence-electron chi connectivity index (χ2n) is 10.4. The maximum Gasteiger partial charge on any atom is 0.255 e. The molecule has 5 atom stereocenters. The van der Waals surface area contributed by atoms with Crippen molar-refractivity contribution in [3.8, 4) is 5.75 Å². The van der Waals surface area contributed by atoms with Gasteiger partial charge in [0.25, 0.3) is 5.91 Å². The summed E-state index contributed by atoms with van der Waals surface area (Å²) in [6.07, 6.45) is 0.205. The number of phenols is 1. The molecular weight excluding hydrogens is 574 g/mol. The molecule has 3 aliphatic carbocycles. The van der Waals surface area contributed by atoms with E-state index in [0.717, 1.165) is 6.07 Å². The van der Waals surface area contributed by atoms with Crippen LogP contribution in [0.15, 0.2) is 23.0 Å². The molecule has 1 saturated carbocycles. The van der Waals surface area contributed by atoms with Gasteiger partial charge >= 0.3 is 0 Å². The van der Waals surface area contributed by atoms with Gasteiger partial charge in [-0.15, -0.1) is 24.8 Å². The maximum absolute atomic E-state index is 15.3. The number of aliphatic hydroxyl groups excluding tert-OH is 2. The first-order valence-electron chi connectivity index (χ1n) is 12.0. The predicted octanol–water partition coefficient (Wildman–Crippen LogP) is 0.247. The number of primary amides is 1. The van der Waals surface area contributed by atoms with Gasteiger partial charge in [0, 0.05) is 23.1 Å². The normalized spacial score (nSPS) is 28.9. The van der Waals surface area contributed by atoms with E-state index in [1.165, 1.54) is 19.0 Å². The minimum Gasteiger partial charge on any atom is -0.508 e. The Balaban J connectivity index is 0.00000220. The minimum absolute atomic E-state index is 0. The van der Waals surface area contributed by atoms with Crippen LogP contribution in [0, 0.1) is 17.7 Å². The van der Waals surface area contributed by atoms with Gasteiger partial charge in [-0.05, 0) is 45.8 Å². The second-order valence-corrected chi connectivity index (χ2v) is 10.4. The first kappa shape index (κ1) is 31.3. The summed E-state index contributed by atoms with van der Waals surface area (Å²) in [5.74, 6) is -9.67. The summed E-state index contributed by atoms with van der Waals surface area (Å²) >= 11 is 0. The number of fused-ring (bicyclic) bond motifs is 3. The number of phenolic OH excluding ortho intramolecular Hbond substituents is 1. The quantitative estimate of drug-likeness (QED) is 0.185. The molecule has 40 heavy (non-hydrogen) atoms. The number of likely N-dealkylation sites (N-methyl/N-ethyl adjacent to an activating group) is 1. The lowest BCUT2D eigenvalue weighted by Gasteiger charge is -2.50. The number of ketones is 2. The molecule has 1 heterocycles. The van der Waals surface area contributed by atoms with Gasteiger partial charge in [0.05, 0.1) is 23.3 Å². The second kappa shape index (κ2) is 10.6. The summed E-state index contributed by atoms with van der Waals surface area (Å²) < 4.78 is 15.3. The van der Waals surface area contributed by atoms with Crippen molar-refractivity contribution in [3.63, 3.8) is 0 Å². The number of nitrogens with two attached hydrogens (primary N) is 1. The highest BCUT2D eigenvalue weighted by Gasteiger charge is 2.64. The molecule has 218 valence electrons. The van der Waals surface area contributed by atoms with Crippen LogP contribution in [0.5, 0.6) is 5.75 Å². The number of rotatable bonds is 4. The van der Waals surface area contributed by atoms with Gasteiger partial charge in [-0.2, -0.15) is 0 Å². The van der Waals surface area contributed by atoms with E-state index in [-0.39, 0.29) is 48.9 Å². The number of benzene rings is 1. The summed E-state index contributed by atoms with van der Waals surface area (Å²) in [7, 11) is 2.97. The van der Waals surface area contributed by atoms with Gasteiger partial charge in [0.15, 0.2) is 17.1 Å². The fraction of sp³-hybridized carbons (Fsp3) is 0.440. The lowest BCUT2D eigenvalue weighted by Crippen LogP contribution is -2.65. The van der Waals surface area contributed by atoms with Crippen molar-refractivity contribution < 1.29 is 44.0 Å². The van der Waals surface area contributed by atoms with Gasteiger partial charge in [-0.1, -0.05) is 0 Å². The molecule has 1 saturated heterocycles. The average Bonchev–Trinajstić information content (AvgIpc) is 2.78. The Labute approximate surface area is 239 Å². The highest BCUT2D eigenvalue weighted by molar-refractivity contribution is 6.24. The maximum atomic E-state index is 15.3. The summed E-state index contributed by atoms with van der Waals surface area (Å²) in [6, 6.07) is -0.836. The van der Waals surface area contributed by atoms with Crippen LogP contribution in [0.1, 0.15) is 24.0 Å². The zero-order valence-corrected chi connectivity index (χ0v) is 23.0. The number of nitrogens with zero attached hydrogens (tertiary/aromatic N) is 1. The van der Waals surface area contributed by atoms with Crippen LogP contribution >= 0.6 is 24.8 Å². The van der Waals surface area contributed by atoms with Crippen LogP contribution in [0.4, 0.5) is 10.1 Å². The number of aliphatic hydroxyl groups is 3. The van der Waals surface area contributed by atoms with Gasteiger partial charge < -0.3 is 36.8 Å². The third-order valence-corrected chi connectivity index (χ3v) is 8.06. The molecule has 0 bridgehead atoms. The molecule has 1 aromatic rings. The number of carbonyl (C=O) groups is 4. The zero-order chi connectivity index (χ0) is 27.8. The van der Waals surface area contributed by atoms with E-state index < -0.39 is 92.7 Å². The molecular formula is C25H29Cl2FN4O8. The van der Waals surface area contributed by atoms with Gasteiger partial charge in [-0.25, -0.2) is 4.39 Å². The molecule has 0 aromatic heterocycles. The van der Waals surface area contributed by atoms with Crippen LogP contribution < -0.4 is 16.4 Å². The third-order valence-electron chi connectivity index (χ3n) is 8.06. The summed E-state index contributed by atoms with van der Waals surface area (Å²) in [5.41, 5.74) is 0.305. The van der Waals surface area contributed by atoms with E-state index in [9.17, 15) is 39.6 Å². The van der Waals surface area contributed by atoms with Crippen LogP contribution in [0.3, 0.4) is 0 Å². The molecule has 12 nitrogen and oxygen atoms in total. The molecule has 1 aromatic carbocycles. The molecule has 5 rings (SSSR count). The molecule has 0 spiro atoms. The number of Topliss-reactive ketones (excluding diaryl/α,β-unsaturated/α-hetero) is 2. The van der Waals surface area contributed by atoms with E-state index >= 15 is 4.39 Å². The van der Waals surface area contributed by atoms with Crippen molar-refractivity contribution >= 4 is 59.6 Å². The Hall–Kier alpha value is -3.23. The number of aromatic hydroxyl groups is 1. The molecule has 4 aliphatic rings. The first-order chi connectivity index (χ1) is 17.8. The molecule has 2 amide bonds. The molecule has 0 radical (unpaired) electrons. The van der Waals surface area contributed by atoms with Crippen molar-refractivity contribution in [2.24, 2.45) is 17.6 Å². The summed E-state index contributed by atoms with van der Waals surface area (Å²) in [4.78, 5) is 52.6. The largest absolute Gasteiger partial charge is 0.508 e. The van der Waals surface area contributed by atoms with Crippen molar-refractivity contribution in [2.75, 3.05) is 26.0 Å². The number of hydrogen-bond donors (Lipinski definition) is 7. The van der Waals surface area contributed by atoms with Crippen molar-refractivity contribution in [1.29, 1.82) is 0 Å². The van der Waals surface area contributed by atoms with E-state index in [1.54, 1.807) is 0 Å². The molecule has 2 fully saturated rings. The van der Waals surface area contributed by atoms with Crippen molar-refractivity contribution in [2.45, 2.75) is 36.9 Å². The van der Waals surface area contributed by atoms with Crippen molar-refractivity contribution in [1.82, 2.24) is 10.2 Å². The molecule has 1 aliphatic heterocycles. The lowest BCUT2D eigenvalue weighted by molar-refractivity contribution is -0.153. The van der Waals surface area contributed by atoms with Crippen LogP contribution in [-0.4, -0.2) is 87.0 Å². The fourth-order valence-corrected chi connectivity index (χ4v) is 6.09. The Morgan fingerprint density at radius 2 is 1.82 bits per heavy atom. The Morgan fingerprint density at radius 1 is 1.20 bits per heavy atom. The lowest BCUT2D eigenvalue weighted by atomic mass is 9.57. The predicted molar refractivity (Wildman–Crippen MR) is 144 cm³/mol. The molecule has 15 heteroatoms. The minimum atomic E-state index is -2.79. The Morgan fingerprint density at radius 3 is 2.35 bits per heavy atom. The van der Waals surface area contributed by atoms with E-state index in [0.29, 0.717) is 13.0 Å². The van der Waals surface area contributed by atoms with Crippen LogP contribution in [-0.2, 0) is 25.6 Å². The zero-order valence-electron chi connectivity index (χ0n) is 21.4. The summed E-state index contributed by atoms with van der Waals surface area (Å²) in [5, 5.41) is 49.8. The third kappa shape index (κ3) is 4.23. The summed E-state index contributed by atoms with van der Waals surface area (Å²) in [6.45, 7) is 0.627. The SMILES string of the molecule is CN(C)[C@@H]1C(=O)C(C(N)=O)=C(O)[C@@]2(O)C(=O)C3=C(O)c4c(O)c(NC(=O)[C@@H]5CCN5)cc(F)c4C[C@H]3C[C@@H]12.Cl.Cl. The Bertz CT molecular complexity index is 1390. The van der Waals surface area contributed by atoms with Crippen LogP contribution in [0.25, 0.3) is 5.76 Å². The van der Waals surface area contributed by atoms with Gasteiger partial charge in [-0.3, -0.25) is 24.1 Å². The fourth-order valence-electron chi connectivity index (χ4n) is 6.09.